The molecule has 2 rings (SSSR count). The number of nitrogens with zero attached hydrogens (tertiary/aromatic N) is 5. The van der Waals surface area contributed by atoms with Crippen LogP contribution >= 0.6 is 0 Å². The van der Waals surface area contributed by atoms with Crippen LogP contribution in [-0.4, -0.2) is 46.9 Å². The molecule has 1 atom stereocenters. The Labute approximate surface area is 122 Å². The van der Waals surface area contributed by atoms with Crippen molar-refractivity contribution in [2.75, 3.05) is 26.1 Å². The third-order valence-corrected chi connectivity index (χ3v) is 2.81. The van der Waals surface area contributed by atoms with E-state index in [1.165, 1.54) is 13.3 Å². The normalized spacial score (nSPS) is 12.0. The van der Waals surface area contributed by atoms with E-state index in [1.54, 1.807) is 21.7 Å². The molecular weight excluding hydrogens is 272 g/mol. The number of aromatic nitrogens is 4. The molecule has 21 heavy (non-hydrogen) atoms. The van der Waals surface area contributed by atoms with Crippen LogP contribution in [0.1, 0.15) is 29.1 Å². The molecule has 0 aliphatic carbocycles. The van der Waals surface area contributed by atoms with Gasteiger partial charge in [0.25, 0.3) is 0 Å². The molecule has 0 unspecified atom stereocenters. The fourth-order valence-corrected chi connectivity index (χ4v) is 1.72. The highest BCUT2D eigenvalue weighted by Gasteiger charge is 2.17. The quantitative estimate of drug-likeness (QED) is 0.820. The average molecular weight is 290 g/mol. The van der Waals surface area contributed by atoms with Gasteiger partial charge in [-0.05, 0) is 19.1 Å². The summed E-state index contributed by atoms with van der Waals surface area (Å²) in [6, 6.07) is 3.00. The molecule has 2 heterocycles. The topological polar surface area (TPSA) is 99.2 Å². The first-order valence-electron chi connectivity index (χ1n) is 6.38. The summed E-state index contributed by atoms with van der Waals surface area (Å²) in [5, 5.41) is 4.37. The number of pyridine rings is 1. The molecular formula is C13H18N6O2. The van der Waals surface area contributed by atoms with E-state index in [9.17, 15) is 4.79 Å². The van der Waals surface area contributed by atoms with E-state index in [0.29, 0.717) is 23.2 Å². The van der Waals surface area contributed by atoms with Crippen LogP contribution in [0, 0.1) is 0 Å². The van der Waals surface area contributed by atoms with Gasteiger partial charge in [0.1, 0.15) is 0 Å². The van der Waals surface area contributed by atoms with Gasteiger partial charge in [0.15, 0.2) is 11.6 Å². The van der Waals surface area contributed by atoms with Gasteiger partial charge >= 0.3 is 5.97 Å². The average Bonchev–Trinajstić information content (AvgIpc) is 2.92. The number of ether oxygens (including phenoxy) is 1. The number of hydrogen-bond donors (Lipinski definition) is 1. The second-order valence-electron chi connectivity index (χ2n) is 4.76. The third kappa shape index (κ3) is 3.00. The molecule has 0 bridgehead atoms. The van der Waals surface area contributed by atoms with Crippen LogP contribution in [0.3, 0.4) is 0 Å². The molecule has 0 amide bonds. The predicted octanol–water partition coefficient (Wildman–Crippen LogP) is 0.535. The van der Waals surface area contributed by atoms with E-state index < -0.39 is 5.97 Å². The fourth-order valence-electron chi connectivity index (χ4n) is 1.72. The summed E-state index contributed by atoms with van der Waals surface area (Å²) in [4.78, 5) is 21.8. The number of hydrogen-bond acceptors (Lipinski definition) is 7. The van der Waals surface area contributed by atoms with Crippen molar-refractivity contribution in [2.24, 2.45) is 5.73 Å². The summed E-state index contributed by atoms with van der Waals surface area (Å²) in [6.45, 7) is 1.82. The Hall–Kier alpha value is -2.48. The highest BCUT2D eigenvalue weighted by molar-refractivity contribution is 5.88. The maximum absolute atomic E-state index is 11.4. The zero-order chi connectivity index (χ0) is 15.6. The van der Waals surface area contributed by atoms with Crippen LogP contribution in [0.5, 0.6) is 0 Å². The predicted molar refractivity (Wildman–Crippen MR) is 77.4 cm³/mol. The third-order valence-electron chi connectivity index (χ3n) is 2.81. The Balaban J connectivity index is 2.43. The van der Waals surface area contributed by atoms with Crippen LogP contribution in [0.25, 0.3) is 5.82 Å². The van der Waals surface area contributed by atoms with Gasteiger partial charge in [-0.3, -0.25) is 0 Å². The van der Waals surface area contributed by atoms with Crippen LogP contribution in [0.15, 0.2) is 18.3 Å². The standard InChI is InChI=1S/C13H18N6O2/c1-8(14)11-16-13(18(2)3)17-19(11)10-6-5-9(7-15-10)12(20)21-4/h5-8H,14H2,1-4H3/t8-/m0/s1. The molecule has 0 fully saturated rings. The lowest BCUT2D eigenvalue weighted by Crippen LogP contribution is -2.14. The summed E-state index contributed by atoms with van der Waals surface area (Å²) in [6.07, 6.45) is 1.43. The van der Waals surface area contributed by atoms with Crippen molar-refractivity contribution in [1.82, 2.24) is 19.7 Å². The molecule has 0 spiro atoms. The lowest BCUT2D eigenvalue weighted by molar-refractivity contribution is 0.0600. The summed E-state index contributed by atoms with van der Waals surface area (Å²) in [7, 11) is 5.02. The minimum Gasteiger partial charge on any atom is -0.465 e. The smallest absolute Gasteiger partial charge is 0.339 e. The fraction of sp³-hybridized carbons (Fsp3) is 0.385. The Morgan fingerprint density at radius 2 is 2.14 bits per heavy atom. The molecule has 2 aromatic rings. The lowest BCUT2D eigenvalue weighted by atomic mass is 10.3. The van der Waals surface area contributed by atoms with E-state index >= 15 is 0 Å². The number of rotatable bonds is 4. The van der Waals surface area contributed by atoms with Crippen LogP contribution in [0.2, 0.25) is 0 Å². The van der Waals surface area contributed by atoms with Gasteiger partial charge in [-0.15, -0.1) is 5.10 Å². The van der Waals surface area contributed by atoms with Gasteiger partial charge in [0.2, 0.25) is 5.95 Å². The molecule has 2 aromatic heterocycles. The molecule has 0 aliphatic heterocycles. The molecule has 0 aliphatic rings. The van der Waals surface area contributed by atoms with Gasteiger partial charge in [-0.25, -0.2) is 9.78 Å². The Morgan fingerprint density at radius 1 is 1.43 bits per heavy atom. The van der Waals surface area contributed by atoms with Crippen molar-refractivity contribution in [3.05, 3.63) is 29.7 Å². The van der Waals surface area contributed by atoms with Gasteiger partial charge in [0.05, 0.1) is 18.7 Å². The first kappa shape index (κ1) is 14.9. The van der Waals surface area contributed by atoms with E-state index in [1.807, 2.05) is 21.0 Å². The first-order chi connectivity index (χ1) is 9.93. The van der Waals surface area contributed by atoms with Crippen molar-refractivity contribution in [3.8, 4) is 5.82 Å². The number of anilines is 1. The van der Waals surface area contributed by atoms with Gasteiger partial charge in [0, 0.05) is 20.3 Å². The Morgan fingerprint density at radius 3 is 2.62 bits per heavy atom. The monoisotopic (exact) mass is 290 g/mol. The molecule has 112 valence electrons. The van der Waals surface area contributed by atoms with Crippen molar-refractivity contribution in [3.63, 3.8) is 0 Å². The summed E-state index contributed by atoms with van der Waals surface area (Å²) < 4.78 is 6.21. The zero-order valence-electron chi connectivity index (χ0n) is 12.4. The molecule has 2 N–H and O–H groups in total. The van der Waals surface area contributed by atoms with Gasteiger partial charge in [-0.2, -0.15) is 9.67 Å². The number of nitrogens with two attached hydrogens (primary N) is 1. The minimum atomic E-state index is -0.436. The highest BCUT2D eigenvalue weighted by atomic mass is 16.5. The van der Waals surface area contributed by atoms with Crippen LogP contribution in [-0.2, 0) is 4.74 Å². The summed E-state index contributed by atoms with van der Waals surface area (Å²) in [5.74, 6) is 1.24. The maximum atomic E-state index is 11.4. The van der Waals surface area contributed by atoms with Gasteiger partial charge < -0.3 is 15.4 Å². The Kier molecular flexibility index (Phi) is 4.18. The van der Waals surface area contributed by atoms with E-state index in [2.05, 4.69) is 19.8 Å². The number of methoxy groups -OCH3 is 1. The number of carbonyl (C=O) groups excluding carboxylic acids is 1. The maximum Gasteiger partial charge on any atom is 0.339 e. The van der Waals surface area contributed by atoms with Crippen molar-refractivity contribution < 1.29 is 9.53 Å². The molecule has 0 aromatic carbocycles. The number of esters is 1. The van der Waals surface area contributed by atoms with Crippen LogP contribution < -0.4 is 10.6 Å². The van der Waals surface area contributed by atoms with Crippen molar-refractivity contribution in [2.45, 2.75) is 13.0 Å². The molecule has 8 heteroatoms. The summed E-state index contributed by atoms with van der Waals surface area (Å²) in [5.41, 5.74) is 6.29. The molecule has 8 nitrogen and oxygen atoms in total. The van der Waals surface area contributed by atoms with Crippen molar-refractivity contribution in [1.29, 1.82) is 0 Å². The second kappa shape index (κ2) is 5.88. The van der Waals surface area contributed by atoms with E-state index in [-0.39, 0.29) is 6.04 Å². The van der Waals surface area contributed by atoms with Crippen LogP contribution in [0.4, 0.5) is 5.95 Å². The second-order valence-corrected chi connectivity index (χ2v) is 4.76. The zero-order valence-corrected chi connectivity index (χ0v) is 12.4. The van der Waals surface area contributed by atoms with E-state index in [0.717, 1.165) is 0 Å². The first-order valence-corrected chi connectivity index (χ1v) is 6.38. The summed E-state index contributed by atoms with van der Waals surface area (Å²) >= 11 is 0. The molecule has 0 saturated carbocycles. The molecule has 0 saturated heterocycles. The molecule has 0 radical (unpaired) electrons. The SMILES string of the molecule is COC(=O)c1ccc(-n2nc(N(C)C)nc2[C@H](C)N)nc1. The Bertz CT molecular complexity index is 633. The highest BCUT2D eigenvalue weighted by Crippen LogP contribution is 2.16. The largest absolute Gasteiger partial charge is 0.465 e. The van der Waals surface area contributed by atoms with Gasteiger partial charge in [-0.1, -0.05) is 0 Å². The number of carbonyl (C=O) groups is 1. The minimum absolute atomic E-state index is 0.298. The van der Waals surface area contributed by atoms with E-state index in [4.69, 9.17) is 5.73 Å². The lowest BCUT2D eigenvalue weighted by Gasteiger charge is -2.07. The van der Waals surface area contributed by atoms with Crippen molar-refractivity contribution >= 4 is 11.9 Å².